The van der Waals surface area contributed by atoms with Crippen LogP contribution in [0.15, 0.2) is 54.6 Å². The number of allylic oxidation sites excluding steroid dienone is 1. The van der Waals surface area contributed by atoms with Gasteiger partial charge in [0.05, 0.1) is 6.61 Å². The normalized spacial score (nSPS) is 11.2. The van der Waals surface area contributed by atoms with Gasteiger partial charge < -0.3 is 4.74 Å². The molecule has 0 aliphatic rings. The molecule has 116 valence electrons. The number of hydrogen-bond donors (Lipinski definition) is 0. The van der Waals surface area contributed by atoms with Crippen LogP contribution in [0, 0.1) is 0 Å². The zero-order valence-electron chi connectivity index (χ0n) is 13.7. The summed E-state index contributed by atoms with van der Waals surface area (Å²) in [6.07, 6.45) is 7.83. The van der Waals surface area contributed by atoms with E-state index in [9.17, 15) is 0 Å². The molecule has 0 aliphatic heterocycles. The van der Waals surface area contributed by atoms with Gasteiger partial charge in [-0.15, -0.1) is 0 Å². The van der Waals surface area contributed by atoms with Gasteiger partial charge in [0.2, 0.25) is 0 Å². The minimum atomic E-state index is 0.713. The van der Waals surface area contributed by atoms with Gasteiger partial charge in [0, 0.05) is 6.61 Å². The van der Waals surface area contributed by atoms with Crippen LogP contribution >= 0.6 is 0 Å². The Morgan fingerprint density at radius 1 is 0.864 bits per heavy atom. The lowest BCUT2D eigenvalue weighted by molar-refractivity contribution is 0.117. The molecule has 0 saturated heterocycles. The van der Waals surface area contributed by atoms with Gasteiger partial charge in [-0.2, -0.15) is 0 Å². The zero-order valence-corrected chi connectivity index (χ0v) is 13.7. The number of hydrogen-bond acceptors (Lipinski definition) is 1. The third-order valence-corrected chi connectivity index (χ3v) is 3.72. The summed E-state index contributed by atoms with van der Waals surface area (Å²) in [5.74, 6) is 0. The van der Waals surface area contributed by atoms with Crippen molar-refractivity contribution in [2.45, 2.75) is 39.7 Å². The number of rotatable bonds is 8. The Morgan fingerprint density at radius 2 is 1.50 bits per heavy atom. The van der Waals surface area contributed by atoms with Crippen LogP contribution in [0.1, 0.15) is 44.2 Å². The fraction of sp³-hybridized carbons (Fsp3) is 0.333. The second-order valence-corrected chi connectivity index (χ2v) is 5.58. The number of unbranched alkanes of at least 4 members (excludes halogenated alkanes) is 2. The van der Waals surface area contributed by atoms with E-state index in [1.165, 1.54) is 35.1 Å². The summed E-state index contributed by atoms with van der Waals surface area (Å²) in [6.45, 7) is 5.83. The van der Waals surface area contributed by atoms with E-state index >= 15 is 0 Å². The molecule has 2 aromatic rings. The second-order valence-electron chi connectivity index (χ2n) is 5.58. The predicted molar refractivity (Wildman–Crippen MR) is 95.8 cm³/mol. The highest BCUT2D eigenvalue weighted by Gasteiger charge is 1.99. The molecule has 22 heavy (non-hydrogen) atoms. The lowest BCUT2D eigenvalue weighted by Gasteiger charge is -2.06. The summed E-state index contributed by atoms with van der Waals surface area (Å²) < 4.78 is 5.70. The van der Waals surface area contributed by atoms with Crippen molar-refractivity contribution in [3.05, 3.63) is 65.7 Å². The molecule has 0 spiro atoms. The van der Waals surface area contributed by atoms with E-state index in [0.29, 0.717) is 6.61 Å². The van der Waals surface area contributed by atoms with Crippen LogP contribution in [0.25, 0.3) is 17.2 Å². The molecule has 2 aromatic carbocycles. The first-order valence-electron chi connectivity index (χ1n) is 8.23. The maximum Gasteiger partial charge on any atom is 0.0716 e. The van der Waals surface area contributed by atoms with Crippen LogP contribution in [0.4, 0.5) is 0 Å². The van der Waals surface area contributed by atoms with E-state index in [0.717, 1.165) is 13.0 Å². The molecule has 0 fully saturated rings. The van der Waals surface area contributed by atoms with Crippen LogP contribution in [0.5, 0.6) is 0 Å². The van der Waals surface area contributed by atoms with E-state index in [1.54, 1.807) is 0 Å². The Kier molecular flexibility index (Phi) is 6.92. The molecular weight excluding hydrogens is 268 g/mol. The molecule has 0 amide bonds. The lowest BCUT2D eigenvalue weighted by Crippen LogP contribution is -1.95. The van der Waals surface area contributed by atoms with Crippen molar-refractivity contribution in [1.29, 1.82) is 0 Å². The third-order valence-electron chi connectivity index (χ3n) is 3.72. The molecule has 0 N–H and O–H groups in total. The lowest BCUT2D eigenvalue weighted by atomic mass is 10.0. The fourth-order valence-electron chi connectivity index (χ4n) is 2.42. The van der Waals surface area contributed by atoms with Gasteiger partial charge >= 0.3 is 0 Å². The van der Waals surface area contributed by atoms with Crippen LogP contribution < -0.4 is 0 Å². The zero-order chi connectivity index (χ0) is 15.6. The van der Waals surface area contributed by atoms with Crippen LogP contribution in [0.2, 0.25) is 0 Å². The minimum Gasteiger partial charge on any atom is -0.377 e. The molecule has 0 heterocycles. The van der Waals surface area contributed by atoms with E-state index in [2.05, 4.69) is 67.6 Å². The molecule has 1 heteroatoms. The summed E-state index contributed by atoms with van der Waals surface area (Å²) in [4.78, 5) is 0. The van der Waals surface area contributed by atoms with Gasteiger partial charge in [0.25, 0.3) is 0 Å². The molecule has 0 atom stereocenters. The topological polar surface area (TPSA) is 9.23 Å². The van der Waals surface area contributed by atoms with Crippen molar-refractivity contribution in [2.75, 3.05) is 6.61 Å². The Bertz CT molecular complexity index is 564. The Labute approximate surface area is 134 Å². The molecular formula is C21H26O. The molecule has 0 aliphatic carbocycles. The predicted octanol–water partition coefficient (Wildman–Crippen LogP) is 6.09. The monoisotopic (exact) mass is 294 g/mol. The van der Waals surface area contributed by atoms with Gasteiger partial charge in [0.1, 0.15) is 0 Å². The van der Waals surface area contributed by atoms with Crippen molar-refractivity contribution >= 4 is 6.08 Å². The highest BCUT2D eigenvalue weighted by Crippen LogP contribution is 2.21. The summed E-state index contributed by atoms with van der Waals surface area (Å²) in [7, 11) is 0. The molecule has 0 bridgehead atoms. The van der Waals surface area contributed by atoms with Gasteiger partial charge in [-0.1, -0.05) is 80.4 Å². The highest BCUT2D eigenvalue weighted by atomic mass is 16.5. The van der Waals surface area contributed by atoms with Gasteiger partial charge in [0.15, 0.2) is 0 Å². The first kappa shape index (κ1) is 16.5. The Morgan fingerprint density at radius 3 is 2.09 bits per heavy atom. The maximum absolute atomic E-state index is 5.70. The molecule has 1 nitrogen and oxygen atoms in total. The molecule has 2 rings (SSSR count). The average Bonchev–Trinajstić information content (AvgIpc) is 2.56. The van der Waals surface area contributed by atoms with Crippen molar-refractivity contribution in [2.24, 2.45) is 0 Å². The highest BCUT2D eigenvalue weighted by molar-refractivity contribution is 5.65. The minimum absolute atomic E-state index is 0.713. The van der Waals surface area contributed by atoms with Crippen molar-refractivity contribution in [3.8, 4) is 11.1 Å². The van der Waals surface area contributed by atoms with Crippen molar-refractivity contribution < 1.29 is 4.74 Å². The van der Waals surface area contributed by atoms with Gasteiger partial charge in [-0.3, -0.25) is 0 Å². The molecule has 0 unspecified atom stereocenters. The summed E-state index contributed by atoms with van der Waals surface area (Å²) in [5, 5.41) is 0. The van der Waals surface area contributed by atoms with Crippen LogP contribution in [0.3, 0.4) is 0 Å². The fourth-order valence-corrected chi connectivity index (χ4v) is 2.42. The molecule has 0 saturated carbocycles. The number of ether oxygens (including phenoxy) is 1. The van der Waals surface area contributed by atoms with Crippen molar-refractivity contribution in [1.82, 2.24) is 0 Å². The second kappa shape index (κ2) is 9.22. The van der Waals surface area contributed by atoms with E-state index in [4.69, 9.17) is 4.74 Å². The molecule has 0 aromatic heterocycles. The molecule has 0 radical (unpaired) electrons. The van der Waals surface area contributed by atoms with E-state index < -0.39 is 0 Å². The summed E-state index contributed by atoms with van der Waals surface area (Å²) >= 11 is 0. The summed E-state index contributed by atoms with van der Waals surface area (Å²) in [5.41, 5.74) is 4.99. The van der Waals surface area contributed by atoms with Crippen LogP contribution in [-0.2, 0) is 11.3 Å². The SMILES string of the molecule is CC=Cc1ccc(-c2ccc(COCCCCC)cc2)cc1. The summed E-state index contributed by atoms with van der Waals surface area (Å²) in [6, 6.07) is 17.3. The van der Waals surface area contributed by atoms with Crippen LogP contribution in [-0.4, -0.2) is 6.61 Å². The van der Waals surface area contributed by atoms with Gasteiger partial charge in [-0.05, 0) is 35.6 Å². The average molecular weight is 294 g/mol. The van der Waals surface area contributed by atoms with E-state index in [-0.39, 0.29) is 0 Å². The third kappa shape index (κ3) is 5.16. The quantitative estimate of drug-likeness (QED) is 0.535. The Hall–Kier alpha value is -1.86. The van der Waals surface area contributed by atoms with Gasteiger partial charge in [-0.25, -0.2) is 0 Å². The number of benzene rings is 2. The largest absolute Gasteiger partial charge is 0.377 e. The maximum atomic E-state index is 5.70. The van der Waals surface area contributed by atoms with E-state index in [1.807, 2.05) is 6.92 Å². The Balaban J connectivity index is 1.90. The first-order valence-corrected chi connectivity index (χ1v) is 8.23. The van der Waals surface area contributed by atoms with Crippen molar-refractivity contribution in [3.63, 3.8) is 0 Å². The first-order chi connectivity index (χ1) is 10.8. The standard InChI is InChI=1S/C21H26O/c1-3-5-6-16-22-17-19-10-14-21(15-11-19)20-12-8-18(7-4-2)9-13-20/h4,7-15H,3,5-6,16-17H2,1-2H3. The smallest absolute Gasteiger partial charge is 0.0716 e.